The van der Waals surface area contributed by atoms with E-state index < -0.39 is 0 Å². The van der Waals surface area contributed by atoms with E-state index in [0.29, 0.717) is 0 Å². The Bertz CT molecular complexity index is 540. The van der Waals surface area contributed by atoms with Crippen LogP contribution in [0.25, 0.3) is 0 Å². The van der Waals surface area contributed by atoms with Crippen LogP contribution in [-0.2, 0) is 5.41 Å². The van der Waals surface area contributed by atoms with Gasteiger partial charge < -0.3 is 0 Å². The Morgan fingerprint density at radius 2 is 1.89 bits per heavy atom. The summed E-state index contributed by atoms with van der Waals surface area (Å²) in [4.78, 5) is 3.89. The fourth-order valence-corrected chi connectivity index (χ4v) is 2.34. The van der Waals surface area contributed by atoms with E-state index >= 15 is 0 Å². The summed E-state index contributed by atoms with van der Waals surface area (Å²) in [7, 11) is 0. The summed E-state index contributed by atoms with van der Waals surface area (Å²) < 4.78 is 13.3. The number of halogens is 1. The van der Waals surface area contributed by atoms with E-state index in [1.54, 1.807) is 6.20 Å². The average molecular weight is 259 g/mol. The van der Waals surface area contributed by atoms with E-state index in [4.69, 9.17) is 5.84 Å². The van der Waals surface area contributed by atoms with Crippen LogP contribution in [0.4, 0.5) is 4.39 Å². The zero-order chi connectivity index (χ0) is 13.9. The second kappa shape index (κ2) is 5.47. The Kier molecular flexibility index (Phi) is 3.93. The summed E-state index contributed by atoms with van der Waals surface area (Å²) in [6, 6.07) is 11.2. The summed E-state index contributed by atoms with van der Waals surface area (Å²) in [6.07, 6.45) is 2.82. The fraction of sp³-hybridized carbons (Fsp3) is 0.267. The maximum absolute atomic E-state index is 13.3. The lowest BCUT2D eigenvalue weighted by Gasteiger charge is -2.34. The van der Waals surface area contributed by atoms with Crippen molar-refractivity contribution in [2.24, 2.45) is 5.84 Å². The van der Waals surface area contributed by atoms with Crippen molar-refractivity contribution in [2.45, 2.75) is 25.3 Å². The third-order valence-corrected chi connectivity index (χ3v) is 3.47. The van der Waals surface area contributed by atoms with Crippen molar-refractivity contribution in [3.8, 4) is 0 Å². The Balaban J connectivity index is 2.41. The number of hydrogen-bond donors (Lipinski definition) is 2. The topological polar surface area (TPSA) is 50.9 Å². The first-order valence-corrected chi connectivity index (χ1v) is 6.18. The molecule has 1 aromatic carbocycles. The van der Waals surface area contributed by atoms with Gasteiger partial charge in [-0.15, -0.1) is 0 Å². The van der Waals surface area contributed by atoms with Crippen LogP contribution in [0, 0.1) is 5.82 Å². The first-order chi connectivity index (χ1) is 9.05. The van der Waals surface area contributed by atoms with Gasteiger partial charge in [-0.1, -0.05) is 44.2 Å². The summed E-state index contributed by atoms with van der Waals surface area (Å²) in [5, 5.41) is 0. The van der Waals surface area contributed by atoms with Crippen molar-refractivity contribution in [1.82, 2.24) is 10.4 Å². The van der Waals surface area contributed by atoms with Gasteiger partial charge >= 0.3 is 0 Å². The third-order valence-electron chi connectivity index (χ3n) is 3.47. The van der Waals surface area contributed by atoms with Gasteiger partial charge in [0.1, 0.15) is 5.82 Å². The maximum atomic E-state index is 13.3. The van der Waals surface area contributed by atoms with Crippen molar-refractivity contribution in [3.63, 3.8) is 0 Å². The molecule has 0 radical (unpaired) electrons. The van der Waals surface area contributed by atoms with Gasteiger partial charge in [0, 0.05) is 11.6 Å². The molecule has 0 aliphatic carbocycles. The molecule has 0 amide bonds. The maximum Gasteiger partial charge on any atom is 0.141 e. The zero-order valence-corrected chi connectivity index (χ0v) is 11.1. The minimum atomic E-state index is -0.360. The van der Waals surface area contributed by atoms with Crippen molar-refractivity contribution in [3.05, 3.63) is 65.7 Å². The Morgan fingerprint density at radius 3 is 2.47 bits per heavy atom. The van der Waals surface area contributed by atoms with E-state index in [-0.39, 0.29) is 17.3 Å². The second-order valence-electron chi connectivity index (χ2n) is 5.12. The number of hydrogen-bond acceptors (Lipinski definition) is 3. The number of rotatable bonds is 4. The molecule has 1 atom stereocenters. The van der Waals surface area contributed by atoms with Crippen LogP contribution in [0.3, 0.4) is 0 Å². The Hall–Kier alpha value is -1.78. The normalized spacial score (nSPS) is 13.3. The Morgan fingerprint density at radius 1 is 1.21 bits per heavy atom. The van der Waals surface area contributed by atoms with Crippen LogP contribution in [-0.4, -0.2) is 4.98 Å². The largest absolute Gasteiger partial charge is 0.271 e. The van der Waals surface area contributed by atoms with Gasteiger partial charge in [-0.2, -0.15) is 0 Å². The van der Waals surface area contributed by atoms with Crippen molar-refractivity contribution in [1.29, 1.82) is 0 Å². The Labute approximate surface area is 112 Å². The van der Waals surface area contributed by atoms with Crippen molar-refractivity contribution in [2.75, 3.05) is 0 Å². The molecule has 0 aliphatic rings. The molecule has 2 aromatic rings. The van der Waals surface area contributed by atoms with Gasteiger partial charge in [0.25, 0.3) is 0 Å². The van der Waals surface area contributed by atoms with Gasteiger partial charge in [-0.05, 0) is 17.2 Å². The van der Waals surface area contributed by atoms with Crippen LogP contribution >= 0.6 is 0 Å². The minimum Gasteiger partial charge on any atom is -0.271 e. The summed E-state index contributed by atoms with van der Waals surface area (Å²) in [6.45, 7) is 4.13. The molecule has 0 bridgehead atoms. The molecule has 0 saturated heterocycles. The highest BCUT2D eigenvalue weighted by molar-refractivity contribution is 5.30. The molecule has 2 rings (SSSR count). The number of nitrogens with two attached hydrogens (primary N) is 1. The average Bonchev–Trinajstić information content (AvgIpc) is 2.40. The van der Waals surface area contributed by atoms with Crippen molar-refractivity contribution >= 4 is 0 Å². The lowest BCUT2D eigenvalue weighted by Crippen LogP contribution is -2.41. The van der Waals surface area contributed by atoms with Crippen LogP contribution < -0.4 is 11.3 Å². The van der Waals surface area contributed by atoms with E-state index in [9.17, 15) is 4.39 Å². The number of nitrogens with one attached hydrogen (secondary N) is 1. The number of hydrazine groups is 1. The highest BCUT2D eigenvalue weighted by atomic mass is 19.1. The minimum absolute atomic E-state index is 0.224. The molecular formula is C15H18FN3. The van der Waals surface area contributed by atoms with E-state index in [0.717, 1.165) is 11.1 Å². The van der Waals surface area contributed by atoms with Crippen LogP contribution in [0.15, 0.2) is 48.8 Å². The zero-order valence-electron chi connectivity index (χ0n) is 11.1. The summed E-state index contributed by atoms with van der Waals surface area (Å²) in [5.41, 5.74) is 4.35. The monoisotopic (exact) mass is 259 g/mol. The molecule has 19 heavy (non-hydrogen) atoms. The first-order valence-electron chi connectivity index (χ1n) is 6.18. The third kappa shape index (κ3) is 2.80. The highest BCUT2D eigenvalue weighted by Gasteiger charge is 2.32. The smallest absolute Gasteiger partial charge is 0.141 e. The molecule has 0 fully saturated rings. The molecule has 4 heteroatoms. The molecule has 3 nitrogen and oxygen atoms in total. The second-order valence-corrected chi connectivity index (χ2v) is 5.12. The number of nitrogens with zero attached hydrogens (tertiary/aromatic N) is 1. The van der Waals surface area contributed by atoms with Gasteiger partial charge in [-0.25, -0.2) is 4.39 Å². The van der Waals surface area contributed by atoms with E-state index in [1.165, 1.54) is 12.3 Å². The first kappa shape index (κ1) is 13.6. The molecule has 100 valence electrons. The predicted octanol–water partition coefficient (Wildman–Crippen LogP) is 2.70. The van der Waals surface area contributed by atoms with E-state index in [1.807, 2.05) is 30.3 Å². The van der Waals surface area contributed by atoms with Crippen LogP contribution in [0.5, 0.6) is 0 Å². The standard InChI is InChI=1S/C15H18FN3/c1-15(2,12-6-4-3-5-7-12)14(19-17)11-8-13(16)10-18-9-11/h3-10,14,19H,17H2,1-2H3. The SMILES string of the molecule is CC(C)(c1ccccc1)C(NN)c1cncc(F)c1. The molecule has 0 saturated carbocycles. The number of aromatic nitrogens is 1. The molecule has 1 aromatic heterocycles. The van der Waals surface area contributed by atoms with Crippen molar-refractivity contribution < 1.29 is 4.39 Å². The summed E-state index contributed by atoms with van der Waals surface area (Å²) >= 11 is 0. The van der Waals surface area contributed by atoms with Crippen LogP contribution in [0.1, 0.15) is 31.0 Å². The highest BCUT2D eigenvalue weighted by Crippen LogP contribution is 2.36. The van der Waals surface area contributed by atoms with Gasteiger partial charge in [0.05, 0.1) is 12.2 Å². The van der Waals surface area contributed by atoms with Gasteiger partial charge in [-0.3, -0.25) is 16.3 Å². The van der Waals surface area contributed by atoms with Crippen LogP contribution in [0.2, 0.25) is 0 Å². The molecule has 0 aliphatic heterocycles. The quantitative estimate of drug-likeness (QED) is 0.655. The molecule has 1 unspecified atom stereocenters. The van der Waals surface area contributed by atoms with Gasteiger partial charge in [0.15, 0.2) is 0 Å². The van der Waals surface area contributed by atoms with E-state index in [2.05, 4.69) is 24.3 Å². The number of benzene rings is 1. The summed E-state index contributed by atoms with van der Waals surface area (Å²) in [5.74, 6) is 5.32. The lowest BCUT2D eigenvalue weighted by atomic mass is 9.75. The molecule has 1 heterocycles. The van der Waals surface area contributed by atoms with Gasteiger partial charge in [0.2, 0.25) is 0 Å². The lowest BCUT2D eigenvalue weighted by molar-refractivity contribution is 0.351. The molecule has 3 N–H and O–H groups in total. The number of pyridine rings is 1. The fourth-order valence-electron chi connectivity index (χ4n) is 2.34. The molecule has 0 spiro atoms. The predicted molar refractivity (Wildman–Crippen MR) is 73.7 cm³/mol. The molecular weight excluding hydrogens is 241 g/mol.